The summed E-state index contributed by atoms with van der Waals surface area (Å²) in [6, 6.07) is 0. The van der Waals surface area contributed by atoms with Gasteiger partial charge in [0.25, 0.3) is 0 Å². The highest BCUT2D eigenvalue weighted by Gasteiger charge is 2.51. The van der Waals surface area contributed by atoms with E-state index in [2.05, 4.69) is 12.2 Å². The largest absolute Gasteiger partial charge is 0.0882 e. The van der Waals surface area contributed by atoms with E-state index in [9.17, 15) is 0 Å². The zero-order valence-corrected chi connectivity index (χ0v) is 14.3. The number of allylic oxidation sites excluding steroid dienone is 2. The maximum Gasteiger partial charge on any atom is -0.0174 e. The molecule has 22 heavy (non-hydrogen) atoms. The summed E-state index contributed by atoms with van der Waals surface area (Å²) in [5, 5.41) is 0. The molecule has 0 heterocycles. The van der Waals surface area contributed by atoms with Gasteiger partial charge in [0.2, 0.25) is 0 Å². The molecule has 0 aromatic rings. The highest BCUT2D eigenvalue weighted by Crippen LogP contribution is 2.59. The molecular weight excluding hydrogens is 264 g/mol. The first-order valence-corrected chi connectivity index (χ1v) is 10.6. The minimum Gasteiger partial charge on any atom is -0.0882 e. The fraction of sp³-hybridized carbons (Fsp3) is 0.909. The maximum atomic E-state index is 2.66. The van der Waals surface area contributed by atoms with Crippen LogP contribution in [-0.4, -0.2) is 0 Å². The van der Waals surface area contributed by atoms with E-state index in [4.69, 9.17) is 0 Å². The molecule has 5 aliphatic rings. The minimum absolute atomic E-state index is 0.984. The average Bonchev–Trinajstić information content (AvgIpc) is 2.60. The van der Waals surface area contributed by atoms with Crippen LogP contribution < -0.4 is 0 Å². The van der Waals surface area contributed by atoms with Gasteiger partial charge in [-0.2, -0.15) is 0 Å². The molecule has 0 saturated heterocycles. The lowest BCUT2D eigenvalue weighted by molar-refractivity contribution is -0.0641. The summed E-state index contributed by atoms with van der Waals surface area (Å²) in [5.74, 6) is 8.80. The van der Waals surface area contributed by atoms with E-state index in [1.54, 1.807) is 64.2 Å². The molecule has 0 spiro atoms. The molecule has 122 valence electrons. The molecule has 8 atom stereocenters. The van der Waals surface area contributed by atoms with E-state index < -0.39 is 0 Å². The molecule has 0 amide bonds. The Kier molecular flexibility index (Phi) is 3.64. The Morgan fingerprint density at radius 2 is 1.18 bits per heavy atom. The third-order valence-corrected chi connectivity index (χ3v) is 8.84. The van der Waals surface area contributed by atoms with Gasteiger partial charge >= 0.3 is 0 Å². The summed E-state index contributed by atoms with van der Waals surface area (Å²) in [6.45, 7) is 0. The number of hydrogen-bond donors (Lipinski definition) is 0. The molecule has 4 saturated carbocycles. The van der Waals surface area contributed by atoms with Crippen molar-refractivity contribution in [2.75, 3.05) is 0 Å². The zero-order valence-electron chi connectivity index (χ0n) is 14.3. The van der Waals surface area contributed by atoms with Crippen molar-refractivity contribution in [1.29, 1.82) is 0 Å². The van der Waals surface area contributed by atoms with Crippen LogP contribution in [0.4, 0.5) is 0 Å². The van der Waals surface area contributed by atoms with Crippen molar-refractivity contribution < 1.29 is 0 Å². The van der Waals surface area contributed by atoms with E-state index in [1.807, 2.05) is 0 Å². The van der Waals surface area contributed by atoms with Crippen molar-refractivity contribution in [3.8, 4) is 0 Å². The second kappa shape index (κ2) is 5.67. The molecule has 0 radical (unpaired) electrons. The average molecular weight is 299 g/mol. The number of rotatable bonds is 0. The smallest absolute Gasteiger partial charge is 0.0174 e. The third-order valence-electron chi connectivity index (χ3n) is 8.84. The molecular formula is C22H34. The first kappa shape index (κ1) is 14.1. The highest BCUT2D eigenvalue weighted by atomic mass is 14.6. The lowest BCUT2D eigenvalue weighted by Gasteiger charge is -2.57. The topological polar surface area (TPSA) is 0 Å². The first-order valence-electron chi connectivity index (χ1n) is 10.6. The normalized spacial score (nSPS) is 53.8. The van der Waals surface area contributed by atoms with Gasteiger partial charge in [-0.1, -0.05) is 31.4 Å². The standard InChI is InChI=1S/C22H34/c1-3-7-17-15(5-1)9-11-21-19(17)13-14-20-18-8-4-2-6-16(18)10-12-22(20)21/h3,7,15-22H,1-2,4-6,8-14H2. The van der Waals surface area contributed by atoms with Gasteiger partial charge in [-0.3, -0.25) is 0 Å². The van der Waals surface area contributed by atoms with Crippen LogP contribution in [-0.2, 0) is 0 Å². The molecule has 0 aromatic carbocycles. The zero-order chi connectivity index (χ0) is 14.5. The maximum absolute atomic E-state index is 2.66. The van der Waals surface area contributed by atoms with Crippen molar-refractivity contribution >= 4 is 0 Å². The molecule has 0 aromatic heterocycles. The van der Waals surface area contributed by atoms with Crippen molar-refractivity contribution in [2.24, 2.45) is 47.3 Å². The van der Waals surface area contributed by atoms with Gasteiger partial charge in [0.15, 0.2) is 0 Å². The van der Waals surface area contributed by atoms with Gasteiger partial charge < -0.3 is 0 Å². The summed E-state index contributed by atoms with van der Waals surface area (Å²) in [5.41, 5.74) is 0. The molecule has 0 bridgehead atoms. The highest BCUT2D eigenvalue weighted by molar-refractivity contribution is 5.07. The van der Waals surface area contributed by atoms with Gasteiger partial charge in [0.1, 0.15) is 0 Å². The Bertz CT molecular complexity index is 435. The van der Waals surface area contributed by atoms with E-state index in [1.165, 1.54) is 12.8 Å². The lowest BCUT2D eigenvalue weighted by atomic mass is 9.48. The molecule has 0 heteroatoms. The van der Waals surface area contributed by atoms with Crippen molar-refractivity contribution in [2.45, 2.75) is 77.0 Å². The summed E-state index contributed by atoms with van der Waals surface area (Å²) in [7, 11) is 0. The Balaban J connectivity index is 1.38. The minimum atomic E-state index is 0.984. The predicted octanol–water partition coefficient (Wildman–Crippen LogP) is 6.22. The predicted molar refractivity (Wildman–Crippen MR) is 92.5 cm³/mol. The van der Waals surface area contributed by atoms with Crippen LogP contribution >= 0.6 is 0 Å². The summed E-state index contributed by atoms with van der Waals surface area (Å²) in [6.07, 6.45) is 23.9. The number of hydrogen-bond acceptors (Lipinski definition) is 0. The second-order valence-corrected chi connectivity index (χ2v) is 9.44. The van der Waals surface area contributed by atoms with Crippen LogP contribution in [0.1, 0.15) is 77.0 Å². The monoisotopic (exact) mass is 298 g/mol. The number of fused-ring (bicyclic) bond motifs is 7. The Morgan fingerprint density at radius 1 is 0.500 bits per heavy atom. The Hall–Kier alpha value is -0.260. The van der Waals surface area contributed by atoms with Crippen LogP contribution in [0.25, 0.3) is 0 Å². The molecule has 8 unspecified atom stereocenters. The van der Waals surface area contributed by atoms with E-state index in [-0.39, 0.29) is 0 Å². The fourth-order valence-electron chi connectivity index (χ4n) is 8.03. The van der Waals surface area contributed by atoms with Gasteiger partial charge in [-0.15, -0.1) is 0 Å². The second-order valence-electron chi connectivity index (χ2n) is 9.44. The Morgan fingerprint density at radius 3 is 2.14 bits per heavy atom. The van der Waals surface area contributed by atoms with Gasteiger partial charge in [-0.05, 0) is 105 Å². The van der Waals surface area contributed by atoms with Crippen LogP contribution in [0.2, 0.25) is 0 Å². The first-order chi connectivity index (χ1) is 10.9. The fourth-order valence-corrected chi connectivity index (χ4v) is 8.03. The van der Waals surface area contributed by atoms with E-state index in [0.29, 0.717) is 0 Å². The molecule has 0 N–H and O–H groups in total. The van der Waals surface area contributed by atoms with Crippen molar-refractivity contribution in [1.82, 2.24) is 0 Å². The van der Waals surface area contributed by atoms with E-state index >= 15 is 0 Å². The lowest BCUT2D eigenvalue weighted by Crippen LogP contribution is -2.48. The summed E-state index contributed by atoms with van der Waals surface area (Å²) >= 11 is 0. The van der Waals surface area contributed by atoms with Gasteiger partial charge in [0.05, 0.1) is 0 Å². The van der Waals surface area contributed by atoms with Crippen LogP contribution in [0, 0.1) is 47.3 Å². The SMILES string of the molecule is C1=CC2C(CC1)CCC1C2CCC2C3CCCCC3CCC21. The summed E-state index contributed by atoms with van der Waals surface area (Å²) in [4.78, 5) is 0. The van der Waals surface area contributed by atoms with Crippen LogP contribution in [0.5, 0.6) is 0 Å². The molecule has 0 aliphatic heterocycles. The molecule has 4 fully saturated rings. The van der Waals surface area contributed by atoms with Gasteiger partial charge in [-0.25, -0.2) is 0 Å². The molecule has 0 nitrogen and oxygen atoms in total. The van der Waals surface area contributed by atoms with Gasteiger partial charge in [0, 0.05) is 0 Å². The van der Waals surface area contributed by atoms with Crippen LogP contribution in [0.15, 0.2) is 12.2 Å². The third kappa shape index (κ3) is 2.15. The van der Waals surface area contributed by atoms with Crippen LogP contribution in [0.3, 0.4) is 0 Å². The van der Waals surface area contributed by atoms with Crippen molar-refractivity contribution in [3.05, 3.63) is 12.2 Å². The molecule has 5 rings (SSSR count). The quantitative estimate of drug-likeness (QED) is 0.466. The summed E-state index contributed by atoms with van der Waals surface area (Å²) < 4.78 is 0. The van der Waals surface area contributed by atoms with Crippen molar-refractivity contribution in [3.63, 3.8) is 0 Å². The molecule has 5 aliphatic carbocycles. The Labute approximate surface area is 137 Å². The van der Waals surface area contributed by atoms with E-state index in [0.717, 1.165) is 47.3 Å².